The van der Waals surface area contributed by atoms with Crippen LogP contribution >= 0.6 is 0 Å². The number of benzene rings is 1. The Morgan fingerprint density at radius 3 is 2.87 bits per heavy atom. The first-order valence-corrected chi connectivity index (χ1v) is 8.30. The number of hydrogen-bond donors (Lipinski definition) is 2. The molecule has 0 radical (unpaired) electrons. The van der Waals surface area contributed by atoms with Gasteiger partial charge in [0, 0.05) is 38.4 Å². The first kappa shape index (κ1) is 15.9. The number of anilines is 1. The Hall–Kier alpha value is -1.95. The fourth-order valence-corrected chi connectivity index (χ4v) is 2.33. The standard InChI is InChI=1S/C17H25N3O3/c1-18-17(19-7-10-21-12-13-3-4-13)20-14-5-6-15-16(11-14)23-9-2-8-22-15/h5-6,11,13H,2-4,7-10,12H2,1H3,(H2,18,19,20). The zero-order valence-corrected chi connectivity index (χ0v) is 13.6. The molecule has 1 aliphatic carbocycles. The molecule has 1 aliphatic heterocycles. The van der Waals surface area contributed by atoms with E-state index < -0.39 is 0 Å². The molecule has 2 N–H and O–H groups in total. The Morgan fingerprint density at radius 2 is 2.09 bits per heavy atom. The molecule has 0 atom stereocenters. The van der Waals surface area contributed by atoms with Crippen LogP contribution in [0.3, 0.4) is 0 Å². The second kappa shape index (κ2) is 8.06. The van der Waals surface area contributed by atoms with Crippen LogP contribution < -0.4 is 20.1 Å². The highest BCUT2D eigenvalue weighted by Gasteiger charge is 2.20. The summed E-state index contributed by atoms with van der Waals surface area (Å²) in [5.41, 5.74) is 0.918. The molecule has 6 nitrogen and oxygen atoms in total. The van der Waals surface area contributed by atoms with Crippen molar-refractivity contribution in [3.63, 3.8) is 0 Å². The normalized spacial score (nSPS) is 17.5. The third kappa shape index (κ3) is 5.03. The molecule has 126 valence electrons. The van der Waals surface area contributed by atoms with Crippen LogP contribution in [0.2, 0.25) is 0 Å². The topological polar surface area (TPSA) is 64.1 Å². The molecule has 1 saturated carbocycles. The highest BCUT2D eigenvalue weighted by molar-refractivity contribution is 5.93. The Bertz CT molecular complexity index is 544. The van der Waals surface area contributed by atoms with Crippen LogP contribution in [0.1, 0.15) is 19.3 Å². The molecule has 0 bridgehead atoms. The Balaban J connectivity index is 1.47. The Kier molecular flexibility index (Phi) is 5.58. The maximum atomic E-state index is 5.70. The summed E-state index contributed by atoms with van der Waals surface area (Å²) in [5.74, 6) is 3.09. The minimum atomic E-state index is 0.682. The van der Waals surface area contributed by atoms with Crippen molar-refractivity contribution in [1.29, 1.82) is 0 Å². The number of nitrogens with one attached hydrogen (secondary N) is 2. The van der Waals surface area contributed by atoms with E-state index in [0.717, 1.165) is 48.6 Å². The van der Waals surface area contributed by atoms with E-state index in [0.29, 0.717) is 19.8 Å². The van der Waals surface area contributed by atoms with Crippen molar-refractivity contribution in [2.45, 2.75) is 19.3 Å². The van der Waals surface area contributed by atoms with E-state index in [9.17, 15) is 0 Å². The van der Waals surface area contributed by atoms with Gasteiger partial charge in [-0.15, -0.1) is 0 Å². The van der Waals surface area contributed by atoms with Gasteiger partial charge in [0.1, 0.15) is 0 Å². The van der Waals surface area contributed by atoms with Gasteiger partial charge in [0.25, 0.3) is 0 Å². The van der Waals surface area contributed by atoms with Crippen molar-refractivity contribution < 1.29 is 14.2 Å². The number of guanidine groups is 1. The number of ether oxygens (including phenoxy) is 3. The van der Waals surface area contributed by atoms with Gasteiger partial charge in [0.15, 0.2) is 17.5 Å². The monoisotopic (exact) mass is 319 g/mol. The molecular weight excluding hydrogens is 294 g/mol. The lowest BCUT2D eigenvalue weighted by Gasteiger charge is -2.14. The quantitative estimate of drug-likeness (QED) is 0.478. The van der Waals surface area contributed by atoms with Crippen molar-refractivity contribution in [2.75, 3.05) is 45.3 Å². The summed E-state index contributed by atoms with van der Waals surface area (Å²) in [7, 11) is 1.75. The van der Waals surface area contributed by atoms with Crippen LogP contribution in [0.15, 0.2) is 23.2 Å². The van der Waals surface area contributed by atoms with Gasteiger partial charge in [-0.25, -0.2) is 0 Å². The molecule has 1 aromatic carbocycles. The number of fused-ring (bicyclic) bond motifs is 1. The molecule has 0 aromatic heterocycles. The average molecular weight is 319 g/mol. The average Bonchev–Trinajstić information content (AvgIpc) is 3.40. The summed E-state index contributed by atoms with van der Waals surface area (Å²) in [6, 6.07) is 5.83. The van der Waals surface area contributed by atoms with E-state index in [-0.39, 0.29) is 0 Å². The van der Waals surface area contributed by atoms with Crippen molar-refractivity contribution in [2.24, 2.45) is 10.9 Å². The molecule has 1 aromatic rings. The van der Waals surface area contributed by atoms with Crippen LogP contribution in [0.4, 0.5) is 5.69 Å². The summed E-state index contributed by atoms with van der Waals surface area (Å²) in [5, 5.41) is 6.51. The number of rotatable bonds is 6. The number of nitrogens with zero attached hydrogens (tertiary/aromatic N) is 1. The molecule has 6 heteroatoms. The molecular formula is C17H25N3O3. The third-order valence-corrected chi connectivity index (χ3v) is 3.82. The summed E-state index contributed by atoms with van der Waals surface area (Å²) in [4.78, 5) is 4.23. The first-order chi connectivity index (χ1) is 11.3. The molecule has 0 saturated heterocycles. The van der Waals surface area contributed by atoms with Gasteiger partial charge < -0.3 is 24.8 Å². The minimum Gasteiger partial charge on any atom is -0.490 e. The second-order valence-corrected chi connectivity index (χ2v) is 5.85. The maximum absolute atomic E-state index is 5.70. The number of hydrogen-bond acceptors (Lipinski definition) is 4. The SMILES string of the molecule is CN=C(NCCOCC1CC1)Nc1ccc2c(c1)OCCCO2. The number of aliphatic imine (C=N–C) groups is 1. The van der Waals surface area contributed by atoms with E-state index >= 15 is 0 Å². The first-order valence-electron chi connectivity index (χ1n) is 8.30. The van der Waals surface area contributed by atoms with Crippen LogP contribution in [-0.4, -0.2) is 46.0 Å². The van der Waals surface area contributed by atoms with Gasteiger partial charge in [0.05, 0.1) is 19.8 Å². The fourth-order valence-electron chi connectivity index (χ4n) is 2.33. The van der Waals surface area contributed by atoms with Crippen molar-refractivity contribution in [3.8, 4) is 11.5 Å². The van der Waals surface area contributed by atoms with E-state index in [4.69, 9.17) is 14.2 Å². The Morgan fingerprint density at radius 1 is 1.26 bits per heavy atom. The summed E-state index contributed by atoms with van der Waals surface area (Å²) in [6.07, 6.45) is 3.54. The van der Waals surface area contributed by atoms with Crippen molar-refractivity contribution in [3.05, 3.63) is 18.2 Å². The molecule has 0 spiro atoms. The zero-order valence-electron chi connectivity index (χ0n) is 13.6. The second-order valence-electron chi connectivity index (χ2n) is 5.85. The molecule has 0 unspecified atom stereocenters. The molecule has 1 heterocycles. The highest BCUT2D eigenvalue weighted by Crippen LogP contribution is 2.32. The molecule has 23 heavy (non-hydrogen) atoms. The lowest BCUT2D eigenvalue weighted by atomic mass is 10.3. The van der Waals surface area contributed by atoms with Gasteiger partial charge in [-0.2, -0.15) is 0 Å². The van der Waals surface area contributed by atoms with E-state index in [1.165, 1.54) is 12.8 Å². The van der Waals surface area contributed by atoms with Crippen LogP contribution in [0.25, 0.3) is 0 Å². The van der Waals surface area contributed by atoms with Gasteiger partial charge in [-0.1, -0.05) is 0 Å². The van der Waals surface area contributed by atoms with Crippen LogP contribution in [0.5, 0.6) is 11.5 Å². The van der Waals surface area contributed by atoms with E-state index in [1.807, 2.05) is 18.2 Å². The third-order valence-electron chi connectivity index (χ3n) is 3.82. The van der Waals surface area contributed by atoms with Crippen molar-refractivity contribution in [1.82, 2.24) is 5.32 Å². The van der Waals surface area contributed by atoms with Crippen LogP contribution in [-0.2, 0) is 4.74 Å². The molecule has 1 fully saturated rings. The smallest absolute Gasteiger partial charge is 0.195 e. The van der Waals surface area contributed by atoms with Gasteiger partial charge in [0.2, 0.25) is 0 Å². The summed E-state index contributed by atoms with van der Waals surface area (Å²) < 4.78 is 16.9. The van der Waals surface area contributed by atoms with Gasteiger partial charge in [-0.3, -0.25) is 4.99 Å². The largest absolute Gasteiger partial charge is 0.490 e. The zero-order chi connectivity index (χ0) is 15.9. The Labute approximate surface area is 137 Å². The maximum Gasteiger partial charge on any atom is 0.195 e. The van der Waals surface area contributed by atoms with Gasteiger partial charge in [-0.05, 0) is 30.9 Å². The van der Waals surface area contributed by atoms with Crippen molar-refractivity contribution >= 4 is 11.6 Å². The molecule has 2 aliphatic rings. The lowest BCUT2D eigenvalue weighted by molar-refractivity contribution is 0.129. The van der Waals surface area contributed by atoms with Gasteiger partial charge >= 0.3 is 0 Å². The summed E-state index contributed by atoms with van der Waals surface area (Å²) in [6.45, 7) is 3.69. The summed E-state index contributed by atoms with van der Waals surface area (Å²) >= 11 is 0. The van der Waals surface area contributed by atoms with Crippen LogP contribution in [0, 0.1) is 5.92 Å². The lowest BCUT2D eigenvalue weighted by Crippen LogP contribution is -2.33. The molecule has 3 rings (SSSR count). The fraction of sp³-hybridized carbons (Fsp3) is 0.588. The molecule has 0 amide bonds. The predicted molar refractivity (Wildman–Crippen MR) is 90.6 cm³/mol. The van der Waals surface area contributed by atoms with E-state index in [1.54, 1.807) is 7.05 Å². The predicted octanol–water partition coefficient (Wildman–Crippen LogP) is 2.26. The minimum absolute atomic E-state index is 0.682. The van der Waals surface area contributed by atoms with E-state index in [2.05, 4.69) is 15.6 Å². The highest BCUT2D eigenvalue weighted by atomic mass is 16.5.